The fourth-order valence-electron chi connectivity index (χ4n) is 2.87. The molecule has 0 nitrogen and oxygen atoms in total. The summed E-state index contributed by atoms with van der Waals surface area (Å²) in [6.07, 6.45) is 5.59. The van der Waals surface area contributed by atoms with Crippen LogP contribution in [0.4, 0.5) is 0 Å². The normalized spacial score (nSPS) is 26.5. The molecule has 0 radical (unpaired) electrons. The molecule has 2 heterocycles. The van der Waals surface area contributed by atoms with Crippen molar-refractivity contribution in [3.8, 4) is 0 Å². The van der Waals surface area contributed by atoms with Gasteiger partial charge in [-0.1, -0.05) is 0 Å². The zero-order chi connectivity index (χ0) is 12.1. The Balaban J connectivity index is 1.41. The van der Waals surface area contributed by atoms with Gasteiger partial charge in [-0.2, -0.15) is 0 Å². The first-order valence-corrected chi connectivity index (χ1v) is 8.63. The van der Waals surface area contributed by atoms with Gasteiger partial charge in [-0.15, -0.1) is 22.7 Å². The average molecular weight is 274 g/mol. The molecule has 0 saturated heterocycles. The van der Waals surface area contributed by atoms with Crippen molar-refractivity contribution < 1.29 is 0 Å². The summed E-state index contributed by atoms with van der Waals surface area (Å²) in [4.78, 5) is 4.71. The maximum absolute atomic E-state index is 2.48. The molecule has 2 aliphatic rings. The van der Waals surface area contributed by atoms with Gasteiger partial charge in [-0.3, -0.25) is 0 Å². The summed E-state index contributed by atoms with van der Waals surface area (Å²) in [6, 6.07) is 7.10. The summed E-state index contributed by atoms with van der Waals surface area (Å²) < 4.78 is 0. The molecular weight excluding hydrogens is 256 g/mol. The van der Waals surface area contributed by atoms with Crippen LogP contribution in [-0.4, -0.2) is 0 Å². The van der Waals surface area contributed by atoms with Crippen molar-refractivity contribution in [2.24, 2.45) is 5.92 Å². The largest absolute Gasteiger partial charge is 0.149 e. The maximum atomic E-state index is 2.48. The number of hydrogen-bond acceptors (Lipinski definition) is 2. The third-order valence-corrected chi connectivity index (χ3v) is 6.35. The summed E-state index contributed by atoms with van der Waals surface area (Å²) in [6.45, 7) is 2.22. The monoisotopic (exact) mass is 274 g/mol. The van der Waals surface area contributed by atoms with Gasteiger partial charge in [0.05, 0.1) is 0 Å². The van der Waals surface area contributed by atoms with Gasteiger partial charge in [0.1, 0.15) is 0 Å². The smallest absolute Gasteiger partial charge is 0.00820 e. The lowest BCUT2D eigenvalue weighted by atomic mass is 10.1. The van der Waals surface area contributed by atoms with Gasteiger partial charge in [0.25, 0.3) is 0 Å². The Kier molecular flexibility index (Phi) is 2.63. The topological polar surface area (TPSA) is 0 Å². The standard InChI is InChI=1S/C16H18S2/c1-10-2-5-16(18-10)15-8-12(15)6-14-7-13(9-17-14)11-3-4-11/h2,5,7,9,11-12,15H,3-4,6,8H2,1H3. The second-order valence-corrected chi connectivity index (χ2v) is 8.19. The summed E-state index contributed by atoms with van der Waals surface area (Å²) in [5, 5.41) is 2.40. The third-order valence-electron chi connectivity index (χ3n) is 4.24. The molecule has 4 rings (SSSR count). The minimum atomic E-state index is 0.871. The molecule has 2 aromatic rings. The van der Waals surface area contributed by atoms with E-state index in [2.05, 4.69) is 30.5 Å². The highest BCUT2D eigenvalue weighted by Gasteiger charge is 2.39. The number of hydrogen-bond donors (Lipinski definition) is 0. The van der Waals surface area contributed by atoms with Crippen LogP contribution < -0.4 is 0 Å². The Morgan fingerprint density at radius 3 is 2.89 bits per heavy atom. The van der Waals surface area contributed by atoms with E-state index in [1.165, 1.54) is 30.6 Å². The Morgan fingerprint density at radius 1 is 1.28 bits per heavy atom. The van der Waals surface area contributed by atoms with Gasteiger partial charge < -0.3 is 0 Å². The van der Waals surface area contributed by atoms with E-state index in [9.17, 15) is 0 Å². The van der Waals surface area contributed by atoms with Gasteiger partial charge in [0.2, 0.25) is 0 Å². The van der Waals surface area contributed by atoms with Crippen molar-refractivity contribution in [3.63, 3.8) is 0 Å². The molecule has 0 bridgehead atoms. The van der Waals surface area contributed by atoms with Crippen LogP contribution in [-0.2, 0) is 6.42 Å². The van der Waals surface area contributed by atoms with Crippen LogP contribution in [0.1, 0.15) is 51.3 Å². The Hall–Kier alpha value is -0.600. The fourth-order valence-corrected chi connectivity index (χ4v) is 5.01. The van der Waals surface area contributed by atoms with Crippen LogP contribution >= 0.6 is 22.7 Å². The molecule has 0 amide bonds. The SMILES string of the molecule is Cc1ccc(C2CC2Cc2cc(C3CC3)cs2)s1. The van der Waals surface area contributed by atoms with Crippen LogP contribution in [0.5, 0.6) is 0 Å². The second kappa shape index (κ2) is 4.21. The quantitative estimate of drug-likeness (QED) is 0.706. The van der Waals surface area contributed by atoms with E-state index in [1.54, 1.807) is 15.3 Å². The van der Waals surface area contributed by atoms with Crippen molar-refractivity contribution in [1.29, 1.82) is 0 Å². The Labute approximate surface area is 117 Å². The molecule has 0 aromatic carbocycles. The van der Waals surface area contributed by atoms with Crippen LogP contribution in [0, 0.1) is 12.8 Å². The molecule has 94 valence electrons. The molecule has 2 unspecified atom stereocenters. The van der Waals surface area contributed by atoms with Crippen molar-refractivity contribution >= 4 is 22.7 Å². The van der Waals surface area contributed by atoms with Crippen LogP contribution in [0.15, 0.2) is 23.6 Å². The van der Waals surface area contributed by atoms with Gasteiger partial charge in [0.15, 0.2) is 0 Å². The Bertz CT molecular complexity index is 559. The van der Waals surface area contributed by atoms with Crippen molar-refractivity contribution in [1.82, 2.24) is 0 Å². The molecule has 2 aromatic heterocycles. The lowest BCUT2D eigenvalue weighted by molar-refractivity contribution is 0.811. The molecule has 18 heavy (non-hydrogen) atoms. The van der Waals surface area contributed by atoms with E-state index in [0.29, 0.717) is 0 Å². The minimum absolute atomic E-state index is 0.871. The van der Waals surface area contributed by atoms with E-state index in [-0.39, 0.29) is 0 Å². The fraction of sp³-hybridized carbons (Fsp3) is 0.500. The highest BCUT2D eigenvalue weighted by molar-refractivity contribution is 7.12. The number of thiophene rings is 2. The summed E-state index contributed by atoms with van der Waals surface area (Å²) in [5.74, 6) is 2.72. The Morgan fingerprint density at radius 2 is 2.17 bits per heavy atom. The predicted octanol–water partition coefficient (Wildman–Crippen LogP) is 5.34. The van der Waals surface area contributed by atoms with Crippen molar-refractivity contribution in [2.75, 3.05) is 0 Å². The molecule has 0 aliphatic heterocycles. The van der Waals surface area contributed by atoms with E-state index in [1.807, 2.05) is 22.7 Å². The zero-order valence-electron chi connectivity index (χ0n) is 10.7. The lowest BCUT2D eigenvalue weighted by Gasteiger charge is -1.96. The first kappa shape index (κ1) is 11.2. The number of aryl methyl sites for hydroxylation is 1. The summed E-state index contributed by atoms with van der Waals surface area (Å²) >= 11 is 3.99. The van der Waals surface area contributed by atoms with Gasteiger partial charge in [-0.25, -0.2) is 0 Å². The molecule has 2 atom stereocenters. The van der Waals surface area contributed by atoms with Crippen LogP contribution in [0.25, 0.3) is 0 Å². The molecule has 2 aliphatic carbocycles. The average Bonchev–Trinajstić information content (AvgIpc) is 3.24. The summed E-state index contributed by atoms with van der Waals surface area (Å²) in [5.41, 5.74) is 1.62. The molecule has 2 fully saturated rings. The van der Waals surface area contributed by atoms with Gasteiger partial charge in [0, 0.05) is 14.6 Å². The first-order valence-electron chi connectivity index (χ1n) is 6.93. The first-order chi connectivity index (χ1) is 8.79. The van der Waals surface area contributed by atoms with Gasteiger partial charge in [-0.05, 0) is 79.5 Å². The molecule has 2 saturated carbocycles. The second-order valence-electron chi connectivity index (χ2n) is 5.88. The lowest BCUT2D eigenvalue weighted by Crippen LogP contribution is -1.85. The zero-order valence-corrected chi connectivity index (χ0v) is 12.3. The van der Waals surface area contributed by atoms with E-state index in [0.717, 1.165) is 17.8 Å². The van der Waals surface area contributed by atoms with Crippen LogP contribution in [0.2, 0.25) is 0 Å². The molecule has 0 N–H and O–H groups in total. The van der Waals surface area contributed by atoms with E-state index < -0.39 is 0 Å². The molecule has 2 heteroatoms. The molecular formula is C16H18S2. The predicted molar refractivity (Wildman–Crippen MR) is 79.9 cm³/mol. The highest BCUT2D eigenvalue weighted by Crippen LogP contribution is 2.52. The van der Waals surface area contributed by atoms with Crippen molar-refractivity contribution in [3.05, 3.63) is 43.8 Å². The van der Waals surface area contributed by atoms with Crippen LogP contribution in [0.3, 0.4) is 0 Å². The van der Waals surface area contributed by atoms with E-state index in [4.69, 9.17) is 0 Å². The van der Waals surface area contributed by atoms with E-state index >= 15 is 0 Å². The molecule has 0 spiro atoms. The highest BCUT2D eigenvalue weighted by atomic mass is 32.1. The van der Waals surface area contributed by atoms with Crippen molar-refractivity contribution in [2.45, 2.75) is 44.4 Å². The number of rotatable bonds is 4. The summed E-state index contributed by atoms with van der Waals surface area (Å²) in [7, 11) is 0. The minimum Gasteiger partial charge on any atom is -0.149 e. The maximum Gasteiger partial charge on any atom is 0.00820 e. The van der Waals surface area contributed by atoms with Gasteiger partial charge >= 0.3 is 0 Å². The third kappa shape index (κ3) is 2.17.